The van der Waals surface area contributed by atoms with Crippen molar-refractivity contribution in [3.63, 3.8) is 0 Å². The summed E-state index contributed by atoms with van der Waals surface area (Å²) >= 11 is 0. The monoisotopic (exact) mass is 269 g/mol. The van der Waals surface area contributed by atoms with Gasteiger partial charge in [0, 0.05) is 18.5 Å². The smallest absolute Gasteiger partial charge is 0.244 e. The normalized spacial score (nSPS) is 25.3. The lowest BCUT2D eigenvalue weighted by Gasteiger charge is -2.26. The van der Waals surface area contributed by atoms with Crippen molar-refractivity contribution in [1.82, 2.24) is 10.2 Å². The van der Waals surface area contributed by atoms with Crippen molar-refractivity contribution in [2.75, 3.05) is 19.6 Å². The largest absolute Gasteiger partial charge is 0.344 e. The number of nitrogens with zero attached hydrogens (tertiary/aromatic N) is 1. The molecule has 1 aliphatic rings. The molecule has 0 spiro atoms. The van der Waals surface area contributed by atoms with Gasteiger partial charge in [0.2, 0.25) is 11.8 Å². The first kappa shape index (κ1) is 16.0. The standard InChI is InChI=1S/C14H27N3O2/c1-10(16-12(19)13(2,3)4)11(18)17-7-6-14(5,8-15)9-17/h10H,6-9,15H2,1-5H3,(H,16,19). The van der Waals surface area contributed by atoms with Crippen LogP contribution in [0.3, 0.4) is 0 Å². The Kier molecular flexibility index (Phi) is 4.61. The zero-order valence-electron chi connectivity index (χ0n) is 12.7. The van der Waals surface area contributed by atoms with Crippen LogP contribution in [0.25, 0.3) is 0 Å². The number of rotatable bonds is 3. The fourth-order valence-electron chi connectivity index (χ4n) is 2.13. The van der Waals surface area contributed by atoms with Crippen molar-refractivity contribution >= 4 is 11.8 Å². The fourth-order valence-corrected chi connectivity index (χ4v) is 2.13. The number of carbonyl (C=O) groups is 2. The molecule has 3 N–H and O–H groups in total. The predicted molar refractivity (Wildman–Crippen MR) is 75.4 cm³/mol. The van der Waals surface area contributed by atoms with Gasteiger partial charge >= 0.3 is 0 Å². The van der Waals surface area contributed by atoms with E-state index in [0.717, 1.165) is 13.0 Å². The lowest BCUT2D eigenvalue weighted by molar-refractivity contribution is -0.137. The van der Waals surface area contributed by atoms with Crippen LogP contribution < -0.4 is 11.1 Å². The lowest BCUT2D eigenvalue weighted by atomic mass is 9.90. The lowest BCUT2D eigenvalue weighted by Crippen LogP contribution is -2.49. The molecule has 0 aliphatic carbocycles. The highest BCUT2D eigenvalue weighted by Crippen LogP contribution is 2.28. The molecular weight excluding hydrogens is 242 g/mol. The second-order valence-electron chi connectivity index (χ2n) is 6.97. The summed E-state index contributed by atoms with van der Waals surface area (Å²) in [5, 5.41) is 2.78. The molecule has 0 radical (unpaired) electrons. The highest BCUT2D eigenvalue weighted by atomic mass is 16.2. The third-order valence-electron chi connectivity index (χ3n) is 3.76. The number of amides is 2. The van der Waals surface area contributed by atoms with Crippen molar-refractivity contribution < 1.29 is 9.59 Å². The Morgan fingerprint density at radius 1 is 1.42 bits per heavy atom. The molecule has 1 saturated heterocycles. The van der Waals surface area contributed by atoms with Crippen LogP contribution in [0, 0.1) is 10.8 Å². The van der Waals surface area contributed by atoms with Gasteiger partial charge in [-0.05, 0) is 25.3 Å². The van der Waals surface area contributed by atoms with E-state index in [4.69, 9.17) is 5.73 Å². The van der Waals surface area contributed by atoms with Gasteiger partial charge in [0.05, 0.1) is 0 Å². The molecule has 1 fully saturated rings. The molecule has 0 saturated carbocycles. The van der Waals surface area contributed by atoms with Crippen molar-refractivity contribution in [3.05, 3.63) is 0 Å². The van der Waals surface area contributed by atoms with Crippen LogP contribution in [0.5, 0.6) is 0 Å². The third kappa shape index (κ3) is 3.93. The summed E-state index contributed by atoms with van der Waals surface area (Å²) in [6.07, 6.45) is 0.926. The molecular formula is C14H27N3O2. The van der Waals surface area contributed by atoms with E-state index in [1.165, 1.54) is 0 Å². The Morgan fingerprint density at radius 3 is 2.42 bits per heavy atom. The maximum Gasteiger partial charge on any atom is 0.244 e. The van der Waals surface area contributed by atoms with E-state index < -0.39 is 11.5 Å². The van der Waals surface area contributed by atoms with Crippen molar-refractivity contribution in [1.29, 1.82) is 0 Å². The van der Waals surface area contributed by atoms with Crippen LogP contribution in [0.15, 0.2) is 0 Å². The zero-order valence-corrected chi connectivity index (χ0v) is 12.7. The van der Waals surface area contributed by atoms with Crippen LogP contribution in [-0.2, 0) is 9.59 Å². The SMILES string of the molecule is CC(NC(=O)C(C)(C)C)C(=O)N1CCC(C)(CN)C1. The van der Waals surface area contributed by atoms with Crippen molar-refractivity contribution in [2.45, 2.75) is 47.1 Å². The van der Waals surface area contributed by atoms with Gasteiger partial charge in [-0.15, -0.1) is 0 Å². The molecule has 0 aromatic rings. The molecule has 1 heterocycles. The molecule has 2 atom stereocenters. The van der Waals surface area contributed by atoms with Crippen LogP contribution in [-0.4, -0.2) is 42.4 Å². The van der Waals surface area contributed by atoms with Crippen LogP contribution >= 0.6 is 0 Å². The summed E-state index contributed by atoms with van der Waals surface area (Å²) in [5.74, 6) is -0.121. The van der Waals surface area contributed by atoms with Gasteiger partial charge in [-0.3, -0.25) is 9.59 Å². The number of hydrogen-bond donors (Lipinski definition) is 2. The fraction of sp³-hybridized carbons (Fsp3) is 0.857. The van der Waals surface area contributed by atoms with E-state index in [9.17, 15) is 9.59 Å². The minimum Gasteiger partial charge on any atom is -0.344 e. The van der Waals surface area contributed by atoms with Crippen molar-refractivity contribution in [3.8, 4) is 0 Å². The van der Waals surface area contributed by atoms with E-state index in [0.29, 0.717) is 13.1 Å². The molecule has 5 heteroatoms. The Bertz CT molecular complexity index is 362. The number of likely N-dealkylation sites (tertiary alicyclic amines) is 1. The number of nitrogens with two attached hydrogens (primary N) is 1. The second kappa shape index (κ2) is 5.49. The molecule has 5 nitrogen and oxygen atoms in total. The Labute approximate surface area is 115 Å². The first-order valence-corrected chi connectivity index (χ1v) is 6.89. The van der Waals surface area contributed by atoms with Crippen LogP contribution in [0.4, 0.5) is 0 Å². The predicted octanol–water partition coefficient (Wildman–Crippen LogP) is 0.735. The second-order valence-corrected chi connectivity index (χ2v) is 6.97. The maximum absolute atomic E-state index is 12.3. The molecule has 2 amide bonds. The number of hydrogen-bond acceptors (Lipinski definition) is 3. The van der Waals surface area contributed by atoms with E-state index in [2.05, 4.69) is 12.2 Å². The number of carbonyl (C=O) groups excluding carboxylic acids is 2. The first-order valence-electron chi connectivity index (χ1n) is 6.89. The summed E-state index contributed by atoms with van der Waals surface area (Å²) in [6.45, 7) is 11.3. The highest BCUT2D eigenvalue weighted by Gasteiger charge is 2.37. The summed E-state index contributed by atoms with van der Waals surface area (Å²) in [6, 6.07) is -0.480. The van der Waals surface area contributed by atoms with E-state index >= 15 is 0 Å². The molecule has 0 aromatic carbocycles. The van der Waals surface area contributed by atoms with Gasteiger partial charge in [0.1, 0.15) is 6.04 Å². The minimum atomic E-state index is -0.481. The van der Waals surface area contributed by atoms with Crippen LogP contribution in [0.2, 0.25) is 0 Å². The van der Waals surface area contributed by atoms with Gasteiger partial charge in [-0.25, -0.2) is 0 Å². The first-order chi connectivity index (χ1) is 8.59. The zero-order chi connectivity index (χ0) is 14.8. The van der Waals surface area contributed by atoms with Gasteiger partial charge in [-0.2, -0.15) is 0 Å². The van der Waals surface area contributed by atoms with E-state index in [1.807, 2.05) is 20.8 Å². The molecule has 110 valence electrons. The molecule has 2 unspecified atom stereocenters. The Morgan fingerprint density at radius 2 is 2.00 bits per heavy atom. The molecule has 0 aromatic heterocycles. The Hall–Kier alpha value is -1.10. The van der Waals surface area contributed by atoms with Crippen LogP contribution in [0.1, 0.15) is 41.0 Å². The summed E-state index contributed by atoms with van der Waals surface area (Å²) in [5.41, 5.74) is 5.27. The minimum absolute atomic E-state index is 0.0173. The summed E-state index contributed by atoms with van der Waals surface area (Å²) in [7, 11) is 0. The average molecular weight is 269 g/mol. The Balaban J connectivity index is 2.57. The third-order valence-corrected chi connectivity index (χ3v) is 3.76. The average Bonchev–Trinajstić information content (AvgIpc) is 2.70. The molecule has 0 bridgehead atoms. The van der Waals surface area contributed by atoms with Gasteiger partial charge in [0.25, 0.3) is 0 Å². The van der Waals surface area contributed by atoms with Gasteiger partial charge in [0.15, 0.2) is 0 Å². The molecule has 1 aliphatic heterocycles. The summed E-state index contributed by atoms with van der Waals surface area (Å²) < 4.78 is 0. The topological polar surface area (TPSA) is 75.4 Å². The highest BCUT2D eigenvalue weighted by molar-refractivity contribution is 5.89. The quantitative estimate of drug-likeness (QED) is 0.793. The van der Waals surface area contributed by atoms with E-state index in [1.54, 1.807) is 11.8 Å². The van der Waals surface area contributed by atoms with Gasteiger partial charge < -0.3 is 16.0 Å². The maximum atomic E-state index is 12.3. The van der Waals surface area contributed by atoms with Crippen molar-refractivity contribution in [2.24, 2.45) is 16.6 Å². The van der Waals surface area contributed by atoms with E-state index in [-0.39, 0.29) is 17.2 Å². The summed E-state index contributed by atoms with van der Waals surface area (Å²) in [4.78, 5) is 26.0. The number of nitrogens with one attached hydrogen (secondary N) is 1. The molecule has 19 heavy (non-hydrogen) atoms. The van der Waals surface area contributed by atoms with Gasteiger partial charge in [-0.1, -0.05) is 27.7 Å². The molecule has 1 rings (SSSR count).